The van der Waals surface area contributed by atoms with Crippen LogP contribution in [0.2, 0.25) is 0 Å². The predicted molar refractivity (Wildman–Crippen MR) is 48.2 cm³/mol. The molecule has 0 radical (unpaired) electrons. The van der Waals surface area contributed by atoms with Crippen LogP contribution in [-0.2, 0) is 4.74 Å². The van der Waals surface area contributed by atoms with Gasteiger partial charge in [-0.15, -0.1) is 0 Å². The van der Waals surface area contributed by atoms with Crippen LogP contribution < -0.4 is 0 Å². The molecular formula is C10H16O3. The quantitative estimate of drug-likeness (QED) is 0.608. The fourth-order valence-electron chi connectivity index (χ4n) is 2.37. The van der Waals surface area contributed by atoms with Crippen molar-refractivity contribution in [3.63, 3.8) is 0 Å². The van der Waals surface area contributed by atoms with Crippen molar-refractivity contribution in [1.82, 2.24) is 0 Å². The first-order valence-corrected chi connectivity index (χ1v) is 4.64. The summed E-state index contributed by atoms with van der Waals surface area (Å²) in [6.45, 7) is 4.04. The number of fused-ring (bicyclic) bond motifs is 2. The van der Waals surface area contributed by atoms with Gasteiger partial charge in [0, 0.05) is 10.8 Å². The Balaban J connectivity index is 2.42. The molecular weight excluding hydrogens is 168 g/mol. The molecule has 3 heteroatoms. The van der Waals surface area contributed by atoms with E-state index in [4.69, 9.17) is 4.74 Å². The molecule has 3 nitrogen and oxygen atoms in total. The van der Waals surface area contributed by atoms with E-state index in [1.807, 2.05) is 26.0 Å². The monoisotopic (exact) mass is 184 g/mol. The van der Waals surface area contributed by atoms with Crippen LogP contribution in [0.25, 0.3) is 0 Å². The first kappa shape index (κ1) is 9.19. The Morgan fingerprint density at radius 2 is 1.46 bits per heavy atom. The lowest BCUT2D eigenvalue weighted by atomic mass is 9.60. The van der Waals surface area contributed by atoms with Gasteiger partial charge in [-0.2, -0.15) is 0 Å². The Morgan fingerprint density at radius 1 is 1.08 bits per heavy atom. The summed E-state index contributed by atoms with van der Waals surface area (Å²) >= 11 is 0. The molecule has 2 heterocycles. The van der Waals surface area contributed by atoms with Gasteiger partial charge in [0.05, 0.1) is 25.4 Å². The van der Waals surface area contributed by atoms with Crippen molar-refractivity contribution in [2.24, 2.45) is 10.8 Å². The maximum Gasteiger partial charge on any atom is 0.0847 e. The van der Waals surface area contributed by atoms with Gasteiger partial charge in [0.15, 0.2) is 0 Å². The molecule has 74 valence electrons. The lowest BCUT2D eigenvalue weighted by Crippen LogP contribution is -2.49. The Morgan fingerprint density at radius 3 is 1.77 bits per heavy atom. The van der Waals surface area contributed by atoms with Crippen LogP contribution in [-0.4, -0.2) is 35.6 Å². The van der Waals surface area contributed by atoms with E-state index in [0.717, 1.165) is 0 Å². The zero-order valence-corrected chi connectivity index (χ0v) is 8.03. The second-order valence-electron chi connectivity index (χ2n) is 4.51. The summed E-state index contributed by atoms with van der Waals surface area (Å²) in [5.74, 6) is 0. The zero-order valence-electron chi connectivity index (χ0n) is 8.03. The molecule has 2 aliphatic heterocycles. The Bertz CT molecular complexity index is 227. The molecule has 0 aromatic carbocycles. The molecule has 0 aromatic heterocycles. The molecule has 4 unspecified atom stereocenters. The largest absolute Gasteiger partial charge is 0.396 e. The smallest absolute Gasteiger partial charge is 0.0847 e. The van der Waals surface area contributed by atoms with Crippen LogP contribution in [0.5, 0.6) is 0 Å². The minimum Gasteiger partial charge on any atom is -0.396 e. The van der Waals surface area contributed by atoms with Gasteiger partial charge in [-0.1, -0.05) is 26.0 Å². The van der Waals surface area contributed by atoms with Crippen molar-refractivity contribution >= 4 is 0 Å². The van der Waals surface area contributed by atoms with Crippen LogP contribution in [0, 0.1) is 10.8 Å². The van der Waals surface area contributed by atoms with Crippen LogP contribution in [0.15, 0.2) is 12.2 Å². The minimum absolute atomic E-state index is 0.0420. The Kier molecular flexibility index (Phi) is 1.81. The van der Waals surface area contributed by atoms with E-state index >= 15 is 0 Å². The van der Waals surface area contributed by atoms with Crippen molar-refractivity contribution < 1.29 is 14.9 Å². The molecule has 0 spiro atoms. The summed E-state index contributed by atoms with van der Waals surface area (Å²) in [6.07, 6.45) is 3.88. The standard InChI is InChI=1S/C10H16O3/c1-9(5-11)7-3-4-8(13-7)10(9,2)6-12/h3-4,7-8,11-12H,5-6H2,1-2H3. The van der Waals surface area contributed by atoms with Crippen molar-refractivity contribution in [1.29, 1.82) is 0 Å². The number of aliphatic hydroxyl groups excluding tert-OH is 2. The van der Waals surface area contributed by atoms with Gasteiger partial charge in [0.25, 0.3) is 0 Å². The summed E-state index contributed by atoms with van der Waals surface area (Å²) in [5.41, 5.74) is -0.692. The zero-order chi connectivity index (χ0) is 9.69. The molecule has 1 fully saturated rings. The van der Waals surface area contributed by atoms with Gasteiger partial charge in [-0.05, 0) is 0 Å². The number of rotatable bonds is 2. The molecule has 2 bridgehead atoms. The van der Waals surface area contributed by atoms with Crippen molar-refractivity contribution in [2.45, 2.75) is 26.1 Å². The molecule has 0 saturated carbocycles. The highest BCUT2D eigenvalue weighted by molar-refractivity contribution is 5.23. The molecule has 0 aliphatic carbocycles. The summed E-state index contributed by atoms with van der Waals surface area (Å²) in [7, 11) is 0. The van der Waals surface area contributed by atoms with Gasteiger partial charge in [-0.25, -0.2) is 0 Å². The summed E-state index contributed by atoms with van der Waals surface area (Å²) in [6, 6.07) is 0. The van der Waals surface area contributed by atoms with Crippen molar-refractivity contribution in [3.05, 3.63) is 12.2 Å². The normalized spacial score (nSPS) is 53.2. The third-order valence-electron chi connectivity index (χ3n) is 3.97. The lowest BCUT2D eigenvalue weighted by molar-refractivity contribution is -0.0147. The fraction of sp³-hybridized carbons (Fsp3) is 0.800. The molecule has 0 amide bonds. The molecule has 1 saturated heterocycles. The topological polar surface area (TPSA) is 49.7 Å². The highest BCUT2D eigenvalue weighted by Crippen LogP contribution is 2.56. The highest BCUT2D eigenvalue weighted by atomic mass is 16.5. The first-order chi connectivity index (χ1) is 6.08. The van der Waals surface area contributed by atoms with E-state index in [1.54, 1.807) is 0 Å². The number of aliphatic hydroxyl groups is 2. The molecule has 2 rings (SSSR count). The second-order valence-corrected chi connectivity index (χ2v) is 4.51. The average molecular weight is 184 g/mol. The van der Waals surface area contributed by atoms with E-state index in [2.05, 4.69) is 0 Å². The van der Waals surface area contributed by atoms with Crippen LogP contribution in [0.3, 0.4) is 0 Å². The number of hydrogen-bond acceptors (Lipinski definition) is 3. The lowest BCUT2D eigenvalue weighted by Gasteiger charge is -2.42. The van der Waals surface area contributed by atoms with E-state index in [1.165, 1.54) is 0 Å². The number of ether oxygens (including phenoxy) is 1. The Labute approximate surface area is 78.0 Å². The SMILES string of the molecule is CC1(CO)C2C=CC(O2)C1(C)CO. The fourth-order valence-corrected chi connectivity index (χ4v) is 2.37. The van der Waals surface area contributed by atoms with Gasteiger partial charge in [0.1, 0.15) is 0 Å². The molecule has 2 aliphatic rings. The molecule has 13 heavy (non-hydrogen) atoms. The summed E-state index contributed by atoms with van der Waals surface area (Å²) < 4.78 is 5.65. The van der Waals surface area contributed by atoms with Gasteiger partial charge in [-0.3, -0.25) is 0 Å². The van der Waals surface area contributed by atoms with Crippen molar-refractivity contribution in [3.8, 4) is 0 Å². The maximum atomic E-state index is 9.39. The van der Waals surface area contributed by atoms with E-state index in [9.17, 15) is 10.2 Å². The van der Waals surface area contributed by atoms with Crippen LogP contribution in [0.1, 0.15) is 13.8 Å². The van der Waals surface area contributed by atoms with Gasteiger partial charge < -0.3 is 14.9 Å². The summed E-state index contributed by atoms with van der Waals surface area (Å²) in [5, 5.41) is 18.8. The van der Waals surface area contributed by atoms with Gasteiger partial charge in [0.2, 0.25) is 0 Å². The average Bonchev–Trinajstić information content (AvgIpc) is 2.70. The van der Waals surface area contributed by atoms with E-state index in [0.29, 0.717) is 0 Å². The van der Waals surface area contributed by atoms with Crippen molar-refractivity contribution in [2.75, 3.05) is 13.2 Å². The van der Waals surface area contributed by atoms with E-state index < -0.39 is 0 Å². The minimum atomic E-state index is -0.346. The first-order valence-electron chi connectivity index (χ1n) is 4.64. The number of hydrogen-bond donors (Lipinski definition) is 2. The van der Waals surface area contributed by atoms with Crippen LogP contribution in [0.4, 0.5) is 0 Å². The van der Waals surface area contributed by atoms with Crippen LogP contribution >= 0.6 is 0 Å². The molecule has 2 N–H and O–H groups in total. The molecule has 4 atom stereocenters. The third kappa shape index (κ3) is 0.848. The molecule has 0 aromatic rings. The summed E-state index contributed by atoms with van der Waals surface area (Å²) in [4.78, 5) is 0. The predicted octanol–water partition coefficient (Wildman–Crippen LogP) is 0.321. The third-order valence-corrected chi connectivity index (χ3v) is 3.97. The highest BCUT2D eigenvalue weighted by Gasteiger charge is 2.61. The van der Waals surface area contributed by atoms with E-state index in [-0.39, 0.29) is 36.3 Å². The maximum absolute atomic E-state index is 9.39. The Hall–Kier alpha value is -0.380. The van der Waals surface area contributed by atoms with Gasteiger partial charge >= 0.3 is 0 Å². The second kappa shape index (κ2) is 2.56.